The molecule has 0 spiro atoms. The Morgan fingerprint density at radius 3 is 3.06 bits per heavy atom. The molecule has 0 aliphatic carbocycles. The van der Waals surface area contributed by atoms with Crippen molar-refractivity contribution in [3.8, 4) is 0 Å². The van der Waals surface area contributed by atoms with Gasteiger partial charge in [0.25, 0.3) is 0 Å². The first-order valence-electron chi connectivity index (χ1n) is 6.13. The van der Waals surface area contributed by atoms with Gasteiger partial charge >= 0.3 is 0 Å². The second kappa shape index (κ2) is 4.00. The Morgan fingerprint density at radius 1 is 1.47 bits per heavy atom. The van der Waals surface area contributed by atoms with E-state index in [4.69, 9.17) is 0 Å². The van der Waals surface area contributed by atoms with Gasteiger partial charge in [0, 0.05) is 0 Å². The Labute approximate surface area is 101 Å². The van der Waals surface area contributed by atoms with Gasteiger partial charge in [0.2, 0.25) is 0 Å². The predicted molar refractivity (Wildman–Crippen MR) is 70.8 cm³/mol. The first kappa shape index (κ1) is 10.5. The van der Waals surface area contributed by atoms with Crippen LogP contribution < -0.4 is 5.32 Å². The number of fused-ring (bicyclic) bond motifs is 1. The quantitative estimate of drug-likeness (QED) is 0.828. The van der Waals surface area contributed by atoms with Crippen LogP contribution in [0.5, 0.6) is 0 Å². The van der Waals surface area contributed by atoms with E-state index in [2.05, 4.69) is 40.1 Å². The number of imidazole rings is 1. The molecule has 88 valence electrons. The van der Waals surface area contributed by atoms with E-state index in [1.54, 1.807) is 0 Å². The van der Waals surface area contributed by atoms with Gasteiger partial charge in [0.1, 0.15) is 5.82 Å². The van der Waals surface area contributed by atoms with Crippen molar-refractivity contribution in [2.24, 2.45) is 0 Å². The third-order valence-electron chi connectivity index (χ3n) is 3.38. The highest BCUT2D eigenvalue weighted by molar-refractivity contribution is 5.80. The summed E-state index contributed by atoms with van der Waals surface area (Å²) in [6, 6.07) is 6.67. The van der Waals surface area contributed by atoms with Crippen LogP contribution in [0.4, 0.5) is 0 Å². The molecule has 3 heteroatoms. The summed E-state index contributed by atoms with van der Waals surface area (Å²) in [4.78, 5) is 8.07. The maximum Gasteiger partial charge on any atom is 0.124 e. The molecular formula is C14H17N3. The topological polar surface area (TPSA) is 40.7 Å². The summed E-state index contributed by atoms with van der Waals surface area (Å²) < 4.78 is 0. The van der Waals surface area contributed by atoms with Crippen LogP contribution in [0.2, 0.25) is 0 Å². The number of hydrogen-bond acceptors (Lipinski definition) is 2. The van der Waals surface area contributed by atoms with Crippen LogP contribution >= 0.6 is 0 Å². The predicted octanol–water partition coefficient (Wildman–Crippen LogP) is 3.02. The van der Waals surface area contributed by atoms with Crippen molar-refractivity contribution in [2.45, 2.75) is 25.8 Å². The van der Waals surface area contributed by atoms with E-state index < -0.39 is 0 Å². The van der Waals surface area contributed by atoms with Gasteiger partial charge in [-0.05, 0) is 44.0 Å². The smallest absolute Gasteiger partial charge is 0.124 e. The summed E-state index contributed by atoms with van der Waals surface area (Å²) in [6.45, 7) is 7.09. The highest BCUT2D eigenvalue weighted by Crippen LogP contribution is 2.24. The van der Waals surface area contributed by atoms with Gasteiger partial charge in [-0.3, -0.25) is 0 Å². The summed E-state index contributed by atoms with van der Waals surface area (Å²) in [5, 5.41) is 3.46. The molecule has 1 aromatic heterocycles. The fourth-order valence-corrected chi connectivity index (χ4v) is 2.38. The van der Waals surface area contributed by atoms with E-state index >= 15 is 0 Å². The third kappa shape index (κ3) is 1.87. The van der Waals surface area contributed by atoms with Crippen molar-refractivity contribution in [2.75, 3.05) is 6.54 Å². The minimum absolute atomic E-state index is 0.399. The van der Waals surface area contributed by atoms with Crippen LogP contribution in [0, 0.1) is 0 Å². The van der Waals surface area contributed by atoms with Gasteiger partial charge in [-0.25, -0.2) is 4.98 Å². The molecule has 3 rings (SSSR count). The molecule has 2 heterocycles. The van der Waals surface area contributed by atoms with E-state index in [1.807, 2.05) is 6.92 Å². The number of rotatable bonds is 2. The Hall–Kier alpha value is -1.61. The summed E-state index contributed by atoms with van der Waals surface area (Å²) in [6.07, 6.45) is 2.41. The number of aromatic amines is 1. The Kier molecular flexibility index (Phi) is 2.48. The van der Waals surface area contributed by atoms with E-state index in [9.17, 15) is 0 Å². The second-order valence-corrected chi connectivity index (χ2v) is 4.78. The van der Waals surface area contributed by atoms with Crippen LogP contribution in [0.25, 0.3) is 16.6 Å². The molecule has 0 saturated carbocycles. The number of H-pyrrole nitrogens is 1. The standard InChI is InChI=1S/C14H17N3/c1-9(2)10-5-6-11-13(8-10)17-14(16-11)12-4-3-7-15-12/h5-6,8,12,15H,1,3-4,7H2,2H3,(H,16,17). The summed E-state index contributed by atoms with van der Waals surface area (Å²) >= 11 is 0. The van der Waals surface area contributed by atoms with Crippen LogP contribution in [-0.2, 0) is 0 Å². The fourth-order valence-electron chi connectivity index (χ4n) is 2.38. The van der Waals surface area contributed by atoms with Gasteiger partial charge in [0.15, 0.2) is 0 Å². The van der Waals surface area contributed by atoms with Crippen molar-refractivity contribution in [1.29, 1.82) is 0 Å². The van der Waals surface area contributed by atoms with Gasteiger partial charge in [-0.2, -0.15) is 0 Å². The van der Waals surface area contributed by atoms with Crippen LogP contribution in [0.1, 0.15) is 37.2 Å². The summed E-state index contributed by atoms with van der Waals surface area (Å²) in [7, 11) is 0. The van der Waals surface area contributed by atoms with Crippen LogP contribution in [0.15, 0.2) is 24.8 Å². The first-order chi connectivity index (χ1) is 8.24. The Bertz CT molecular complexity index is 562. The number of aromatic nitrogens is 2. The zero-order valence-corrected chi connectivity index (χ0v) is 10.1. The number of hydrogen-bond donors (Lipinski definition) is 2. The Morgan fingerprint density at radius 2 is 2.35 bits per heavy atom. The minimum atomic E-state index is 0.399. The van der Waals surface area contributed by atoms with Crippen molar-refractivity contribution in [1.82, 2.24) is 15.3 Å². The molecular weight excluding hydrogens is 210 g/mol. The lowest BCUT2D eigenvalue weighted by molar-refractivity contribution is 0.614. The molecule has 1 aliphatic heterocycles. The number of allylic oxidation sites excluding steroid dienone is 1. The fraction of sp³-hybridized carbons (Fsp3) is 0.357. The highest BCUT2D eigenvalue weighted by atomic mass is 15.0. The third-order valence-corrected chi connectivity index (χ3v) is 3.38. The van der Waals surface area contributed by atoms with Crippen molar-refractivity contribution in [3.05, 3.63) is 36.2 Å². The molecule has 0 radical (unpaired) electrons. The molecule has 1 saturated heterocycles. The normalized spacial score (nSPS) is 19.9. The molecule has 2 aromatic rings. The van der Waals surface area contributed by atoms with Crippen LogP contribution in [-0.4, -0.2) is 16.5 Å². The molecule has 1 aliphatic rings. The van der Waals surface area contributed by atoms with Gasteiger partial charge in [-0.1, -0.05) is 18.2 Å². The number of benzene rings is 1. The highest BCUT2D eigenvalue weighted by Gasteiger charge is 2.19. The molecule has 0 bridgehead atoms. The van der Waals surface area contributed by atoms with Gasteiger partial charge < -0.3 is 10.3 Å². The summed E-state index contributed by atoms with van der Waals surface area (Å²) in [5.74, 6) is 1.07. The SMILES string of the molecule is C=C(C)c1ccc2nc(C3CCCN3)[nH]c2c1. The largest absolute Gasteiger partial charge is 0.341 e. The number of nitrogens with zero attached hydrogens (tertiary/aromatic N) is 1. The van der Waals surface area contributed by atoms with Crippen molar-refractivity contribution < 1.29 is 0 Å². The summed E-state index contributed by atoms with van der Waals surface area (Å²) in [5.41, 5.74) is 4.40. The zero-order chi connectivity index (χ0) is 11.8. The van der Waals surface area contributed by atoms with E-state index in [0.29, 0.717) is 6.04 Å². The maximum atomic E-state index is 4.65. The second-order valence-electron chi connectivity index (χ2n) is 4.78. The maximum absolute atomic E-state index is 4.65. The van der Waals surface area contributed by atoms with E-state index in [0.717, 1.165) is 29.0 Å². The van der Waals surface area contributed by atoms with Crippen molar-refractivity contribution in [3.63, 3.8) is 0 Å². The molecule has 2 N–H and O–H groups in total. The lowest BCUT2D eigenvalue weighted by atomic mass is 10.1. The minimum Gasteiger partial charge on any atom is -0.341 e. The van der Waals surface area contributed by atoms with E-state index in [-0.39, 0.29) is 0 Å². The average Bonchev–Trinajstić information content (AvgIpc) is 2.96. The van der Waals surface area contributed by atoms with Gasteiger partial charge in [-0.15, -0.1) is 0 Å². The Balaban J connectivity index is 2.03. The number of nitrogens with one attached hydrogen (secondary N) is 2. The molecule has 3 nitrogen and oxygen atoms in total. The molecule has 0 amide bonds. The van der Waals surface area contributed by atoms with Crippen molar-refractivity contribution >= 4 is 16.6 Å². The van der Waals surface area contributed by atoms with Gasteiger partial charge in [0.05, 0.1) is 17.1 Å². The molecule has 1 atom stereocenters. The van der Waals surface area contributed by atoms with E-state index in [1.165, 1.54) is 18.4 Å². The average molecular weight is 227 g/mol. The zero-order valence-electron chi connectivity index (χ0n) is 10.1. The molecule has 1 aromatic carbocycles. The van der Waals surface area contributed by atoms with Crippen LogP contribution in [0.3, 0.4) is 0 Å². The lowest BCUT2D eigenvalue weighted by Gasteiger charge is -2.04. The monoisotopic (exact) mass is 227 g/mol. The molecule has 1 unspecified atom stereocenters. The lowest BCUT2D eigenvalue weighted by Crippen LogP contribution is -2.13. The molecule has 17 heavy (non-hydrogen) atoms. The molecule has 1 fully saturated rings. The first-order valence-corrected chi connectivity index (χ1v) is 6.13.